The third-order valence-corrected chi connectivity index (χ3v) is 9.31. The zero-order valence-electron chi connectivity index (χ0n) is 18.3. The molecule has 0 unspecified atom stereocenters. The van der Waals surface area contributed by atoms with Crippen LogP contribution < -0.4 is 4.90 Å². The van der Waals surface area contributed by atoms with Crippen LogP contribution in [0.4, 0.5) is 10.1 Å². The molecule has 1 amide bonds. The monoisotopic (exact) mass is 513 g/mol. The third kappa shape index (κ3) is 4.99. The van der Waals surface area contributed by atoms with Crippen molar-refractivity contribution < 1.29 is 17.6 Å². The third-order valence-electron chi connectivity index (χ3n) is 6.44. The number of carbonyl (C=O) groups is 1. The molecule has 1 aliphatic heterocycles. The minimum Gasteiger partial charge on any atom is -0.368 e. The minimum absolute atomic E-state index is 0.0241. The van der Waals surface area contributed by atoms with Gasteiger partial charge in [0.15, 0.2) is 0 Å². The highest BCUT2D eigenvalue weighted by Crippen LogP contribution is 2.36. The second-order valence-electron chi connectivity index (χ2n) is 8.46. The first-order valence-electron chi connectivity index (χ1n) is 10.9. The van der Waals surface area contributed by atoms with E-state index in [0.29, 0.717) is 31.7 Å². The van der Waals surface area contributed by atoms with E-state index in [9.17, 15) is 13.2 Å². The number of amides is 1. The molecule has 0 radical (unpaired) electrons. The number of rotatable bonds is 6. The summed E-state index contributed by atoms with van der Waals surface area (Å²) in [5.74, 6) is -0.425. The van der Waals surface area contributed by atoms with Crippen LogP contribution in [0.5, 0.6) is 0 Å². The molecule has 0 bridgehead atoms. The van der Waals surface area contributed by atoms with Crippen LogP contribution in [-0.2, 0) is 21.4 Å². The summed E-state index contributed by atoms with van der Waals surface area (Å²) in [6, 6.07) is 9.19. The van der Waals surface area contributed by atoms with Crippen LogP contribution in [0.3, 0.4) is 0 Å². The van der Waals surface area contributed by atoms with Gasteiger partial charge in [-0.2, -0.15) is 4.31 Å². The van der Waals surface area contributed by atoms with Crippen molar-refractivity contribution in [2.24, 2.45) is 0 Å². The summed E-state index contributed by atoms with van der Waals surface area (Å²) >= 11 is 12.3. The Bertz CT molecular complexity index is 1150. The van der Waals surface area contributed by atoms with Gasteiger partial charge in [-0.15, -0.1) is 0 Å². The van der Waals surface area contributed by atoms with Gasteiger partial charge in [-0.3, -0.25) is 4.79 Å². The van der Waals surface area contributed by atoms with Gasteiger partial charge in [-0.25, -0.2) is 12.8 Å². The van der Waals surface area contributed by atoms with Crippen LogP contribution in [0.25, 0.3) is 0 Å². The number of anilines is 1. The highest BCUT2D eigenvalue weighted by molar-refractivity contribution is 7.89. The van der Waals surface area contributed by atoms with Crippen molar-refractivity contribution in [1.82, 2.24) is 9.21 Å². The minimum atomic E-state index is -3.97. The second-order valence-corrected chi connectivity index (χ2v) is 11.1. The maximum absolute atomic E-state index is 15.1. The van der Waals surface area contributed by atoms with Gasteiger partial charge in [-0.1, -0.05) is 41.8 Å². The maximum Gasteiger partial charge on any atom is 0.245 e. The number of nitrogens with zero attached hydrogens (tertiary/aromatic N) is 3. The second kappa shape index (κ2) is 9.78. The zero-order valence-corrected chi connectivity index (χ0v) is 20.6. The van der Waals surface area contributed by atoms with Crippen LogP contribution in [0, 0.1) is 5.82 Å². The van der Waals surface area contributed by atoms with Gasteiger partial charge in [0.25, 0.3) is 0 Å². The fourth-order valence-electron chi connectivity index (χ4n) is 4.20. The van der Waals surface area contributed by atoms with Crippen molar-refractivity contribution in [3.05, 3.63) is 57.8 Å². The number of hydrogen-bond acceptors (Lipinski definition) is 4. The smallest absolute Gasteiger partial charge is 0.245 e. The lowest BCUT2D eigenvalue weighted by Crippen LogP contribution is -2.48. The molecule has 2 aliphatic rings. The standard InChI is InChI=1S/C23H26Cl2FN3O3S/c1-16(30)27-10-12-28(13-11-27)19-9-8-17(21(26)14-19)15-29(18-4-2-5-18)33(31,32)22-7-3-6-20(24)23(22)25/h3,6-9,14,18H,2,4-5,10-13,15H2,1H3. The van der Waals surface area contributed by atoms with Gasteiger partial charge in [0.05, 0.1) is 10.0 Å². The number of sulfonamides is 1. The van der Waals surface area contributed by atoms with Crippen molar-refractivity contribution in [3.63, 3.8) is 0 Å². The molecule has 1 heterocycles. The molecule has 33 heavy (non-hydrogen) atoms. The average molecular weight is 514 g/mol. The lowest BCUT2D eigenvalue weighted by molar-refractivity contribution is -0.129. The molecule has 1 saturated heterocycles. The zero-order chi connectivity index (χ0) is 23.8. The predicted molar refractivity (Wildman–Crippen MR) is 128 cm³/mol. The Morgan fingerprint density at radius 2 is 1.82 bits per heavy atom. The van der Waals surface area contributed by atoms with Gasteiger partial charge >= 0.3 is 0 Å². The predicted octanol–water partition coefficient (Wildman–Crippen LogP) is 4.54. The van der Waals surface area contributed by atoms with Crippen molar-refractivity contribution >= 4 is 44.8 Å². The number of piperazine rings is 1. The lowest BCUT2D eigenvalue weighted by Gasteiger charge is -2.37. The molecule has 10 heteroatoms. The maximum atomic E-state index is 15.1. The fraction of sp³-hybridized carbons (Fsp3) is 0.435. The number of halogens is 3. The molecule has 178 valence electrons. The van der Waals surface area contributed by atoms with E-state index in [1.807, 2.05) is 4.90 Å². The first-order valence-corrected chi connectivity index (χ1v) is 13.1. The summed E-state index contributed by atoms with van der Waals surface area (Å²) in [5.41, 5.74) is 1.02. The number of benzene rings is 2. The summed E-state index contributed by atoms with van der Waals surface area (Å²) < 4.78 is 43.4. The van der Waals surface area contributed by atoms with Gasteiger partial charge in [-0.05, 0) is 37.1 Å². The van der Waals surface area contributed by atoms with Crippen molar-refractivity contribution in [2.75, 3.05) is 31.1 Å². The van der Waals surface area contributed by atoms with Crippen LogP contribution in [0.15, 0.2) is 41.3 Å². The lowest BCUT2D eigenvalue weighted by atomic mass is 9.93. The molecule has 0 N–H and O–H groups in total. The topological polar surface area (TPSA) is 60.9 Å². The SMILES string of the molecule is CC(=O)N1CCN(c2ccc(CN(C3CCC3)S(=O)(=O)c3cccc(Cl)c3Cl)c(F)c2)CC1. The Kier molecular flexibility index (Phi) is 7.19. The fourth-order valence-corrected chi connectivity index (χ4v) is 6.60. The van der Waals surface area contributed by atoms with E-state index < -0.39 is 15.8 Å². The molecule has 0 atom stereocenters. The molecule has 2 aromatic carbocycles. The van der Waals surface area contributed by atoms with Crippen LogP contribution >= 0.6 is 23.2 Å². The van der Waals surface area contributed by atoms with E-state index in [2.05, 4.69) is 0 Å². The van der Waals surface area contributed by atoms with Crippen LogP contribution in [-0.4, -0.2) is 55.8 Å². The largest absolute Gasteiger partial charge is 0.368 e. The number of carbonyl (C=O) groups excluding carboxylic acids is 1. The van der Waals surface area contributed by atoms with Gasteiger partial charge < -0.3 is 9.80 Å². The quantitative estimate of drug-likeness (QED) is 0.568. The Hall–Kier alpha value is -1.87. The summed E-state index contributed by atoms with van der Waals surface area (Å²) in [7, 11) is -3.97. The molecule has 0 spiro atoms. The Labute approximate surface area is 203 Å². The Morgan fingerprint density at radius 1 is 1.12 bits per heavy atom. The van der Waals surface area contributed by atoms with Crippen molar-refractivity contribution in [1.29, 1.82) is 0 Å². The van der Waals surface area contributed by atoms with E-state index in [-0.39, 0.29) is 33.4 Å². The summed E-state index contributed by atoms with van der Waals surface area (Å²) in [6.45, 7) is 3.88. The van der Waals surface area contributed by atoms with Crippen molar-refractivity contribution in [3.8, 4) is 0 Å². The van der Waals surface area contributed by atoms with Gasteiger partial charge in [0.2, 0.25) is 15.9 Å². The molecule has 2 aromatic rings. The first-order chi connectivity index (χ1) is 15.7. The molecule has 6 nitrogen and oxygen atoms in total. The van der Waals surface area contributed by atoms with E-state index in [4.69, 9.17) is 23.2 Å². The summed E-state index contributed by atoms with van der Waals surface area (Å²) in [4.78, 5) is 15.3. The normalized spacial score (nSPS) is 17.4. The van der Waals surface area contributed by atoms with Crippen LogP contribution in [0.1, 0.15) is 31.7 Å². The average Bonchev–Trinajstić information content (AvgIpc) is 2.75. The molecular formula is C23H26Cl2FN3O3S. The van der Waals surface area contributed by atoms with E-state index in [1.54, 1.807) is 30.0 Å². The van der Waals surface area contributed by atoms with Crippen LogP contribution in [0.2, 0.25) is 10.0 Å². The van der Waals surface area contributed by atoms with E-state index >= 15 is 4.39 Å². The van der Waals surface area contributed by atoms with Crippen molar-refractivity contribution in [2.45, 2.75) is 43.7 Å². The molecule has 1 saturated carbocycles. The molecule has 0 aromatic heterocycles. The first kappa shape index (κ1) is 24.3. The molecule has 1 aliphatic carbocycles. The molecular weight excluding hydrogens is 488 g/mol. The molecule has 4 rings (SSSR count). The summed E-state index contributed by atoms with van der Waals surface area (Å²) in [6.07, 6.45) is 2.36. The highest BCUT2D eigenvalue weighted by atomic mass is 35.5. The molecule has 2 fully saturated rings. The van der Waals surface area contributed by atoms with Gasteiger partial charge in [0, 0.05) is 56.9 Å². The van der Waals surface area contributed by atoms with E-state index in [0.717, 1.165) is 24.9 Å². The summed E-state index contributed by atoms with van der Waals surface area (Å²) in [5, 5.41) is 0.135. The van der Waals surface area contributed by atoms with E-state index in [1.165, 1.54) is 22.5 Å². The number of hydrogen-bond donors (Lipinski definition) is 0. The highest BCUT2D eigenvalue weighted by Gasteiger charge is 2.37. The van der Waals surface area contributed by atoms with Gasteiger partial charge in [0.1, 0.15) is 10.7 Å². The Morgan fingerprint density at radius 3 is 2.39 bits per heavy atom. The Balaban J connectivity index is 1.57.